The highest BCUT2D eigenvalue weighted by atomic mass is 79.9. The maximum Gasteiger partial charge on any atom is 0.286 e. The summed E-state index contributed by atoms with van der Waals surface area (Å²) in [6, 6.07) is 5.53. The number of carbonyl (C=O) groups is 1. The van der Waals surface area contributed by atoms with Crippen LogP contribution in [0.3, 0.4) is 0 Å². The van der Waals surface area contributed by atoms with Crippen molar-refractivity contribution in [2.45, 2.75) is 47.2 Å². The minimum atomic E-state index is -0.204. The van der Waals surface area contributed by atoms with Crippen molar-refractivity contribution < 1.29 is 9.21 Å². The molecule has 0 saturated heterocycles. The van der Waals surface area contributed by atoms with Gasteiger partial charge in [0, 0.05) is 24.5 Å². The molecule has 0 aliphatic carbocycles. The standard InChI is InChI=1S/C19H24BrN5O2/c1-12-10-13(2)25(22-12)11-16-6-7-17(27-16)19(26)21-8-5-9-24-15(4)18(20)14(3)23-24/h6-7,10H,5,8-9,11H2,1-4H3,(H,21,26). The number of carbonyl (C=O) groups excluding carboxylic acids is 1. The SMILES string of the molecule is Cc1cc(C)n(Cc2ccc(C(=O)NCCCn3nc(C)c(Br)c3C)o2)n1. The highest BCUT2D eigenvalue weighted by molar-refractivity contribution is 9.10. The lowest BCUT2D eigenvalue weighted by atomic mass is 10.3. The first kappa shape index (κ1) is 19.4. The number of aromatic nitrogens is 4. The fourth-order valence-electron chi connectivity index (χ4n) is 2.98. The third-order valence-electron chi connectivity index (χ3n) is 4.42. The van der Waals surface area contributed by atoms with E-state index in [1.807, 2.05) is 49.2 Å². The van der Waals surface area contributed by atoms with Crippen LogP contribution in [0.15, 0.2) is 27.1 Å². The topological polar surface area (TPSA) is 77.9 Å². The average Bonchev–Trinajstić information content (AvgIpc) is 3.28. The van der Waals surface area contributed by atoms with Crippen LogP contribution in [-0.2, 0) is 13.1 Å². The molecule has 0 bridgehead atoms. The Morgan fingerprint density at radius 2 is 1.96 bits per heavy atom. The van der Waals surface area contributed by atoms with Crippen LogP contribution in [0.2, 0.25) is 0 Å². The Hall–Kier alpha value is -2.35. The van der Waals surface area contributed by atoms with Gasteiger partial charge in [-0.2, -0.15) is 10.2 Å². The number of amides is 1. The molecule has 3 rings (SSSR count). The van der Waals surface area contributed by atoms with Gasteiger partial charge >= 0.3 is 0 Å². The van der Waals surface area contributed by atoms with Crippen molar-refractivity contribution in [3.8, 4) is 0 Å². The first-order chi connectivity index (χ1) is 12.8. The zero-order valence-corrected chi connectivity index (χ0v) is 17.6. The number of rotatable bonds is 7. The summed E-state index contributed by atoms with van der Waals surface area (Å²) in [4.78, 5) is 12.3. The van der Waals surface area contributed by atoms with Gasteiger partial charge < -0.3 is 9.73 Å². The molecule has 0 atom stereocenters. The monoisotopic (exact) mass is 433 g/mol. The van der Waals surface area contributed by atoms with Crippen LogP contribution in [0, 0.1) is 27.7 Å². The molecule has 3 aromatic rings. The molecule has 0 unspecified atom stereocenters. The fourth-order valence-corrected chi connectivity index (χ4v) is 3.26. The van der Waals surface area contributed by atoms with E-state index in [9.17, 15) is 4.79 Å². The summed E-state index contributed by atoms with van der Waals surface area (Å²) in [6.07, 6.45) is 0.791. The van der Waals surface area contributed by atoms with Gasteiger partial charge in [-0.1, -0.05) is 0 Å². The van der Waals surface area contributed by atoms with Crippen LogP contribution in [0.25, 0.3) is 0 Å². The molecule has 0 aliphatic heterocycles. The predicted octanol–water partition coefficient (Wildman–Crippen LogP) is 3.54. The number of nitrogens with one attached hydrogen (secondary N) is 1. The number of halogens is 1. The predicted molar refractivity (Wildman–Crippen MR) is 106 cm³/mol. The van der Waals surface area contributed by atoms with E-state index in [-0.39, 0.29) is 5.91 Å². The molecule has 1 N–H and O–H groups in total. The Kier molecular flexibility index (Phi) is 5.84. The Morgan fingerprint density at radius 3 is 2.59 bits per heavy atom. The summed E-state index contributed by atoms with van der Waals surface area (Å²) in [5, 5.41) is 11.8. The molecule has 0 fully saturated rings. The van der Waals surface area contributed by atoms with Gasteiger partial charge in [0.2, 0.25) is 0 Å². The van der Waals surface area contributed by atoms with Crippen LogP contribution in [-0.4, -0.2) is 32.0 Å². The summed E-state index contributed by atoms with van der Waals surface area (Å²) in [6.45, 7) is 9.76. The quantitative estimate of drug-likeness (QED) is 0.577. The number of nitrogens with zero attached hydrogens (tertiary/aromatic N) is 4. The Morgan fingerprint density at radius 1 is 1.19 bits per heavy atom. The van der Waals surface area contributed by atoms with Crippen molar-refractivity contribution >= 4 is 21.8 Å². The van der Waals surface area contributed by atoms with E-state index < -0.39 is 0 Å². The van der Waals surface area contributed by atoms with Crippen molar-refractivity contribution in [2.24, 2.45) is 0 Å². The summed E-state index contributed by atoms with van der Waals surface area (Å²) < 4.78 is 10.5. The third-order valence-corrected chi connectivity index (χ3v) is 5.57. The van der Waals surface area contributed by atoms with Crippen molar-refractivity contribution in [3.05, 3.63) is 57.0 Å². The summed E-state index contributed by atoms with van der Waals surface area (Å²) >= 11 is 3.52. The van der Waals surface area contributed by atoms with E-state index in [4.69, 9.17) is 4.42 Å². The normalized spacial score (nSPS) is 11.1. The van der Waals surface area contributed by atoms with Gasteiger partial charge in [-0.05, 0) is 68.2 Å². The minimum absolute atomic E-state index is 0.204. The van der Waals surface area contributed by atoms with Gasteiger partial charge in [-0.25, -0.2) is 0 Å². The number of furan rings is 1. The van der Waals surface area contributed by atoms with E-state index in [0.717, 1.165) is 40.2 Å². The highest BCUT2D eigenvalue weighted by Crippen LogP contribution is 2.19. The summed E-state index contributed by atoms with van der Waals surface area (Å²) in [5.74, 6) is 0.823. The summed E-state index contributed by atoms with van der Waals surface area (Å²) in [5.41, 5.74) is 4.10. The highest BCUT2D eigenvalue weighted by Gasteiger charge is 2.13. The molecular formula is C19H24BrN5O2. The average molecular weight is 434 g/mol. The van der Waals surface area contributed by atoms with Crippen molar-refractivity contribution in [3.63, 3.8) is 0 Å². The van der Waals surface area contributed by atoms with E-state index in [2.05, 4.69) is 31.4 Å². The number of hydrogen-bond acceptors (Lipinski definition) is 4. The molecule has 3 heterocycles. The van der Waals surface area contributed by atoms with Gasteiger partial charge in [0.1, 0.15) is 5.76 Å². The lowest BCUT2D eigenvalue weighted by Gasteiger charge is -2.06. The molecule has 0 spiro atoms. The molecule has 0 saturated carbocycles. The van der Waals surface area contributed by atoms with E-state index in [0.29, 0.717) is 24.6 Å². The van der Waals surface area contributed by atoms with Gasteiger partial charge in [-0.3, -0.25) is 14.2 Å². The second kappa shape index (κ2) is 8.12. The number of hydrogen-bond donors (Lipinski definition) is 1. The lowest BCUT2D eigenvalue weighted by Crippen LogP contribution is -2.25. The largest absolute Gasteiger partial charge is 0.454 e. The molecule has 0 radical (unpaired) electrons. The molecule has 0 aliphatic rings. The molecule has 0 aromatic carbocycles. The molecule has 144 valence electrons. The summed E-state index contributed by atoms with van der Waals surface area (Å²) in [7, 11) is 0. The smallest absolute Gasteiger partial charge is 0.286 e. The Bertz CT molecular complexity index is 954. The number of aryl methyl sites for hydroxylation is 4. The molecule has 7 nitrogen and oxygen atoms in total. The van der Waals surface area contributed by atoms with Crippen molar-refractivity contribution in [2.75, 3.05) is 6.54 Å². The minimum Gasteiger partial charge on any atom is -0.454 e. The van der Waals surface area contributed by atoms with E-state index >= 15 is 0 Å². The van der Waals surface area contributed by atoms with E-state index in [1.54, 1.807) is 6.07 Å². The first-order valence-corrected chi connectivity index (χ1v) is 9.72. The molecule has 1 amide bonds. The van der Waals surface area contributed by atoms with Gasteiger partial charge in [-0.15, -0.1) is 0 Å². The molecule has 27 heavy (non-hydrogen) atoms. The van der Waals surface area contributed by atoms with Crippen LogP contribution in [0.4, 0.5) is 0 Å². The van der Waals surface area contributed by atoms with Gasteiger partial charge in [0.15, 0.2) is 5.76 Å². The first-order valence-electron chi connectivity index (χ1n) is 8.92. The maximum atomic E-state index is 12.3. The van der Waals surface area contributed by atoms with Crippen LogP contribution in [0.5, 0.6) is 0 Å². The molecular weight excluding hydrogens is 410 g/mol. The fraction of sp³-hybridized carbons (Fsp3) is 0.421. The second-order valence-electron chi connectivity index (χ2n) is 6.67. The zero-order valence-electron chi connectivity index (χ0n) is 16.0. The van der Waals surface area contributed by atoms with E-state index in [1.165, 1.54) is 0 Å². The van der Waals surface area contributed by atoms with Crippen LogP contribution >= 0.6 is 15.9 Å². The molecule has 3 aromatic heterocycles. The second-order valence-corrected chi connectivity index (χ2v) is 7.46. The zero-order chi connectivity index (χ0) is 19.6. The van der Waals surface area contributed by atoms with Crippen LogP contribution in [0.1, 0.15) is 45.5 Å². The van der Waals surface area contributed by atoms with Gasteiger partial charge in [0.05, 0.1) is 22.4 Å². The van der Waals surface area contributed by atoms with Gasteiger partial charge in [0.25, 0.3) is 5.91 Å². The van der Waals surface area contributed by atoms with Crippen molar-refractivity contribution in [1.82, 2.24) is 24.9 Å². The Labute approximate surface area is 166 Å². The van der Waals surface area contributed by atoms with Crippen molar-refractivity contribution in [1.29, 1.82) is 0 Å². The Balaban J connectivity index is 1.49. The third kappa shape index (κ3) is 4.50. The maximum absolute atomic E-state index is 12.3. The lowest BCUT2D eigenvalue weighted by molar-refractivity contribution is 0.0923. The molecule has 8 heteroatoms. The van der Waals surface area contributed by atoms with Crippen LogP contribution < -0.4 is 5.32 Å².